The lowest BCUT2D eigenvalue weighted by molar-refractivity contribution is 0.189. The number of carbonyl (C=O) groups is 1. The van der Waals surface area contributed by atoms with Gasteiger partial charge in [0.05, 0.1) is 11.0 Å². The molecule has 0 atom stereocenters. The third-order valence-electron chi connectivity index (χ3n) is 5.84. The molecule has 29 heavy (non-hydrogen) atoms. The average Bonchev–Trinajstić information content (AvgIpc) is 3.32. The van der Waals surface area contributed by atoms with Crippen molar-refractivity contribution in [1.29, 1.82) is 0 Å². The molecule has 2 aromatic carbocycles. The predicted octanol–water partition coefficient (Wildman–Crippen LogP) is 5.34. The van der Waals surface area contributed by atoms with Gasteiger partial charge in [0.1, 0.15) is 11.6 Å². The number of urea groups is 1. The molecule has 1 saturated carbocycles. The van der Waals surface area contributed by atoms with Crippen LogP contribution in [0.4, 0.5) is 14.9 Å². The van der Waals surface area contributed by atoms with Gasteiger partial charge in [-0.2, -0.15) is 0 Å². The smallest absolute Gasteiger partial charge is 0.322 e. The van der Waals surface area contributed by atoms with Crippen molar-refractivity contribution in [3.8, 4) is 0 Å². The second-order valence-electron chi connectivity index (χ2n) is 7.96. The van der Waals surface area contributed by atoms with Gasteiger partial charge in [-0.1, -0.05) is 18.9 Å². The number of benzene rings is 2. The molecule has 1 aliphatic carbocycles. The minimum absolute atomic E-state index is 0.176. The zero-order valence-electron chi connectivity index (χ0n) is 17.0. The van der Waals surface area contributed by atoms with Gasteiger partial charge in [-0.3, -0.25) is 0 Å². The molecule has 3 aromatic rings. The van der Waals surface area contributed by atoms with Crippen LogP contribution in [0.2, 0.25) is 0 Å². The van der Waals surface area contributed by atoms with Crippen LogP contribution in [0.3, 0.4) is 0 Å². The number of amides is 2. The molecule has 0 spiro atoms. The number of aromatic amines is 1. The number of H-pyrrole nitrogens is 1. The minimum atomic E-state index is -0.358. The highest BCUT2D eigenvalue weighted by atomic mass is 19.1. The van der Waals surface area contributed by atoms with Crippen LogP contribution < -0.4 is 5.32 Å². The number of anilines is 1. The highest BCUT2D eigenvalue weighted by molar-refractivity contribution is 5.89. The summed E-state index contributed by atoms with van der Waals surface area (Å²) in [4.78, 5) is 22.9. The Balaban J connectivity index is 1.49. The Hall–Kier alpha value is -2.89. The molecule has 1 fully saturated rings. The molecule has 1 aliphatic rings. The first-order valence-electron chi connectivity index (χ1n) is 10.3. The van der Waals surface area contributed by atoms with Gasteiger partial charge in [0.25, 0.3) is 0 Å². The first-order valence-corrected chi connectivity index (χ1v) is 10.3. The fraction of sp³-hybridized carbons (Fsp3) is 0.391. The zero-order chi connectivity index (χ0) is 20.4. The Morgan fingerprint density at radius 1 is 1.21 bits per heavy atom. The molecular weight excluding hydrogens is 367 g/mol. The van der Waals surface area contributed by atoms with Crippen LogP contribution in [-0.4, -0.2) is 33.5 Å². The van der Waals surface area contributed by atoms with E-state index in [-0.39, 0.29) is 17.9 Å². The second-order valence-corrected chi connectivity index (χ2v) is 7.96. The molecule has 1 aromatic heterocycles. The van der Waals surface area contributed by atoms with Gasteiger partial charge in [0.15, 0.2) is 0 Å². The third kappa shape index (κ3) is 4.42. The van der Waals surface area contributed by atoms with E-state index >= 15 is 0 Å². The van der Waals surface area contributed by atoms with Crippen molar-refractivity contribution in [3.63, 3.8) is 0 Å². The fourth-order valence-corrected chi connectivity index (χ4v) is 4.09. The monoisotopic (exact) mass is 394 g/mol. The molecule has 0 radical (unpaired) electrons. The van der Waals surface area contributed by atoms with E-state index in [2.05, 4.69) is 36.3 Å². The lowest BCUT2D eigenvalue weighted by Crippen LogP contribution is -2.43. The van der Waals surface area contributed by atoms with Crippen LogP contribution in [0.1, 0.15) is 42.6 Å². The summed E-state index contributed by atoms with van der Waals surface area (Å²) in [6.45, 7) is 4.75. The molecule has 0 unspecified atom stereocenters. The summed E-state index contributed by atoms with van der Waals surface area (Å²) in [5.41, 5.74) is 4.92. The number of nitrogens with zero attached hydrogens (tertiary/aromatic N) is 2. The number of aromatic nitrogens is 2. The molecule has 2 amide bonds. The van der Waals surface area contributed by atoms with E-state index < -0.39 is 0 Å². The Kier molecular flexibility index (Phi) is 5.51. The number of rotatable bonds is 5. The maximum Gasteiger partial charge on any atom is 0.322 e. The SMILES string of the molecule is Cc1cc2nc(CCN(C(=O)Nc3cccc(F)c3)C3CCCC3)[nH]c2cc1C. The van der Waals surface area contributed by atoms with Gasteiger partial charge in [-0.25, -0.2) is 14.2 Å². The van der Waals surface area contributed by atoms with Crippen molar-refractivity contribution in [2.75, 3.05) is 11.9 Å². The van der Waals surface area contributed by atoms with Crippen LogP contribution in [0, 0.1) is 19.7 Å². The van der Waals surface area contributed by atoms with Gasteiger partial charge >= 0.3 is 6.03 Å². The maximum absolute atomic E-state index is 13.5. The average molecular weight is 394 g/mol. The molecule has 1 heterocycles. The van der Waals surface area contributed by atoms with E-state index in [0.29, 0.717) is 18.7 Å². The molecule has 152 valence electrons. The Morgan fingerprint density at radius 2 is 1.97 bits per heavy atom. The molecule has 6 heteroatoms. The number of hydrogen-bond donors (Lipinski definition) is 2. The van der Waals surface area contributed by atoms with E-state index in [1.54, 1.807) is 12.1 Å². The van der Waals surface area contributed by atoms with Crippen molar-refractivity contribution < 1.29 is 9.18 Å². The van der Waals surface area contributed by atoms with Gasteiger partial charge in [-0.15, -0.1) is 0 Å². The standard InChI is InChI=1S/C23H27FN4O/c1-15-12-20-21(13-16(15)2)27-22(26-20)10-11-28(19-8-3-4-9-19)23(29)25-18-7-5-6-17(24)14-18/h5-7,12-14,19H,3-4,8-11H2,1-2H3,(H,25,29)(H,26,27). The lowest BCUT2D eigenvalue weighted by atomic mass is 10.1. The van der Waals surface area contributed by atoms with Gasteiger partial charge in [0, 0.05) is 24.7 Å². The normalized spacial score (nSPS) is 14.4. The highest BCUT2D eigenvalue weighted by Crippen LogP contribution is 2.25. The summed E-state index contributed by atoms with van der Waals surface area (Å²) in [7, 11) is 0. The summed E-state index contributed by atoms with van der Waals surface area (Å²) < 4.78 is 13.5. The summed E-state index contributed by atoms with van der Waals surface area (Å²) in [6.07, 6.45) is 4.94. The fourth-order valence-electron chi connectivity index (χ4n) is 4.09. The first-order chi connectivity index (χ1) is 14.0. The van der Waals surface area contributed by atoms with Crippen molar-refractivity contribution in [1.82, 2.24) is 14.9 Å². The number of fused-ring (bicyclic) bond motifs is 1. The van der Waals surface area contributed by atoms with Crippen molar-refractivity contribution in [2.45, 2.75) is 52.0 Å². The van der Waals surface area contributed by atoms with Crippen molar-refractivity contribution >= 4 is 22.8 Å². The van der Waals surface area contributed by atoms with Crippen LogP contribution in [0.25, 0.3) is 11.0 Å². The number of aryl methyl sites for hydroxylation is 2. The topological polar surface area (TPSA) is 61.0 Å². The van der Waals surface area contributed by atoms with E-state index in [1.165, 1.54) is 23.3 Å². The summed E-state index contributed by atoms with van der Waals surface area (Å²) in [5, 5.41) is 2.85. The lowest BCUT2D eigenvalue weighted by Gasteiger charge is -2.29. The van der Waals surface area contributed by atoms with Gasteiger partial charge < -0.3 is 15.2 Å². The van der Waals surface area contributed by atoms with Gasteiger partial charge in [0.2, 0.25) is 0 Å². The number of carbonyl (C=O) groups excluding carboxylic acids is 1. The van der Waals surface area contributed by atoms with Crippen molar-refractivity contribution in [2.24, 2.45) is 0 Å². The van der Waals surface area contributed by atoms with Crippen molar-refractivity contribution in [3.05, 3.63) is 59.2 Å². The summed E-state index contributed by atoms with van der Waals surface area (Å²) in [5.74, 6) is 0.523. The summed E-state index contributed by atoms with van der Waals surface area (Å²) in [6, 6.07) is 10.3. The molecule has 5 nitrogen and oxygen atoms in total. The Labute approximate surface area is 170 Å². The molecule has 2 N–H and O–H groups in total. The van der Waals surface area contributed by atoms with Crippen LogP contribution in [0.15, 0.2) is 36.4 Å². The van der Waals surface area contributed by atoms with Gasteiger partial charge in [-0.05, 0) is 68.1 Å². The summed E-state index contributed by atoms with van der Waals surface area (Å²) >= 11 is 0. The minimum Gasteiger partial charge on any atom is -0.342 e. The zero-order valence-corrected chi connectivity index (χ0v) is 17.0. The van der Waals surface area contributed by atoms with E-state index in [0.717, 1.165) is 42.5 Å². The van der Waals surface area contributed by atoms with E-state index in [4.69, 9.17) is 4.98 Å². The number of halogens is 1. The Morgan fingerprint density at radius 3 is 2.72 bits per heavy atom. The molecule has 0 saturated heterocycles. The van der Waals surface area contributed by atoms with Crippen LogP contribution >= 0.6 is 0 Å². The number of hydrogen-bond acceptors (Lipinski definition) is 2. The first kappa shape index (κ1) is 19.4. The Bertz CT molecular complexity index is 984. The molecule has 4 rings (SSSR count). The number of imidazole rings is 1. The molecular formula is C23H27FN4O. The molecule has 0 bridgehead atoms. The van der Waals surface area contributed by atoms with Crippen LogP contribution in [-0.2, 0) is 6.42 Å². The third-order valence-corrected chi connectivity index (χ3v) is 5.84. The maximum atomic E-state index is 13.5. The highest BCUT2D eigenvalue weighted by Gasteiger charge is 2.27. The quantitative estimate of drug-likeness (QED) is 0.614. The van der Waals surface area contributed by atoms with E-state index in [9.17, 15) is 9.18 Å². The molecule has 0 aliphatic heterocycles. The van der Waals surface area contributed by atoms with Crippen LogP contribution in [0.5, 0.6) is 0 Å². The second kappa shape index (κ2) is 8.23. The number of nitrogens with one attached hydrogen (secondary N) is 2. The largest absolute Gasteiger partial charge is 0.342 e. The van der Waals surface area contributed by atoms with E-state index in [1.807, 2.05) is 4.90 Å². The predicted molar refractivity (Wildman–Crippen MR) is 114 cm³/mol.